The zero-order valence-electron chi connectivity index (χ0n) is 11.1. The highest BCUT2D eigenvalue weighted by Gasteiger charge is 2.12. The number of rotatable bonds is 6. The largest absolute Gasteiger partial charge is 0.370 e. The molecule has 0 aliphatic heterocycles. The van der Waals surface area contributed by atoms with E-state index in [4.69, 9.17) is 11.6 Å². The number of carbonyl (C=O) groups is 1. The second-order valence-electron chi connectivity index (χ2n) is 4.24. The number of amides is 1. The lowest BCUT2D eigenvalue weighted by Gasteiger charge is -2.08. The molecule has 0 atom stereocenters. The van der Waals surface area contributed by atoms with Gasteiger partial charge in [-0.25, -0.2) is 4.98 Å². The quantitative estimate of drug-likeness (QED) is 0.858. The van der Waals surface area contributed by atoms with Gasteiger partial charge in [0.2, 0.25) is 0 Å². The van der Waals surface area contributed by atoms with E-state index in [9.17, 15) is 4.79 Å². The molecule has 0 aliphatic rings. The number of hydrogen-bond acceptors (Lipinski definition) is 4. The van der Waals surface area contributed by atoms with Gasteiger partial charge in [-0.05, 0) is 23.9 Å². The zero-order chi connectivity index (χ0) is 14.4. The van der Waals surface area contributed by atoms with Crippen LogP contribution in [0.15, 0.2) is 29.8 Å². The van der Waals surface area contributed by atoms with Crippen LogP contribution in [-0.4, -0.2) is 17.4 Å². The summed E-state index contributed by atoms with van der Waals surface area (Å²) in [5.74, 6) is 0.475. The summed E-state index contributed by atoms with van der Waals surface area (Å²) in [4.78, 5) is 17.4. The van der Waals surface area contributed by atoms with Crippen LogP contribution in [0.25, 0.3) is 0 Å². The van der Waals surface area contributed by atoms with Gasteiger partial charge in [-0.3, -0.25) is 4.79 Å². The molecule has 0 saturated carbocycles. The smallest absolute Gasteiger partial charge is 0.253 e. The van der Waals surface area contributed by atoms with Crippen molar-refractivity contribution in [2.75, 3.05) is 11.9 Å². The number of nitrogens with zero attached hydrogens (tertiary/aromatic N) is 1. The van der Waals surface area contributed by atoms with Crippen LogP contribution >= 0.6 is 22.9 Å². The molecule has 0 radical (unpaired) electrons. The van der Waals surface area contributed by atoms with E-state index in [0.29, 0.717) is 22.9 Å². The minimum Gasteiger partial charge on any atom is -0.370 e. The maximum Gasteiger partial charge on any atom is 0.253 e. The third-order valence-electron chi connectivity index (χ3n) is 2.66. The average molecular weight is 310 g/mol. The SMILES string of the molecule is CCCNc1cc(C(=O)NCc2cccs2)c(Cl)cn1. The van der Waals surface area contributed by atoms with E-state index in [-0.39, 0.29) is 5.91 Å². The first kappa shape index (κ1) is 14.8. The van der Waals surface area contributed by atoms with Crippen molar-refractivity contribution in [3.63, 3.8) is 0 Å². The van der Waals surface area contributed by atoms with E-state index < -0.39 is 0 Å². The monoisotopic (exact) mass is 309 g/mol. The molecular formula is C14H16ClN3OS. The highest BCUT2D eigenvalue weighted by atomic mass is 35.5. The number of carbonyl (C=O) groups excluding carboxylic acids is 1. The fraction of sp³-hybridized carbons (Fsp3) is 0.286. The summed E-state index contributed by atoms with van der Waals surface area (Å²) in [6.45, 7) is 3.38. The Hall–Kier alpha value is -1.59. The van der Waals surface area contributed by atoms with Crippen molar-refractivity contribution in [3.8, 4) is 0 Å². The van der Waals surface area contributed by atoms with Crippen molar-refractivity contribution < 1.29 is 4.79 Å². The van der Waals surface area contributed by atoms with Crippen LogP contribution in [0.5, 0.6) is 0 Å². The Morgan fingerprint density at radius 1 is 1.50 bits per heavy atom. The number of hydrogen-bond donors (Lipinski definition) is 2. The Labute approximate surface area is 127 Å². The molecule has 2 N–H and O–H groups in total. The van der Waals surface area contributed by atoms with Crippen LogP contribution < -0.4 is 10.6 Å². The molecule has 2 aromatic heterocycles. The fourth-order valence-corrected chi connectivity index (χ4v) is 2.47. The summed E-state index contributed by atoms with van der Waals surface area (Å²) in [5, 5.41) is 8.33. The molecule has 4 nitrogen and oxygen atoms in total. The van der Waals surface area contributed by atoms with E-state index in [1.807, 2.05) is 17.5 Å². The summed E-state index contributed by atoms with van der Waals surface area (Å²) in [7, 11) is 0. The average Bonchev–Trinajstić information content (AvgIpc) is 2.97. The van der Waals surface area contributed by atoms with Crippen molar-refractivity contribution in [1.82, 2.24) is 10.3 Å². The normalized spacial score (nSPS) is 10.3. The summed E-state index contributed by atoms with van der Waals surface area (Å²) >= 11 is 7.64. The Kier molecular flexibility index (Phi) is 5.38. The molecule has 2 heterocycles. The van der Waals surface area contributed by atoms with E-state index in [1.54, 1.807) is 17.4 Å². The van der Waals surface area contributed by atoms with Crippen LogP contribution in [0.3, 0.4) is 0 Å². The second kappa shape index (κ2) is 7.26. The van der Waals surface area contributed by atoms with Gasteiger partial charge in [-0.15, -0.1) is 11.3 Å². The Morgan fingerprint density at radius 3 is 3.05 bits per heavy atom. The zero-order valence-corrected chi connectivity index (χ0v) is 12.7. The van der Waals surface area contributed by atoms with E-state index in [0.717, 1.165) is 17.8 Å². The van der Waals surface area contributed by atoms with Crippen molar-refractivity contribution in [3.05, 3.63) is 45.2 Å². The molecule has 20 heavy (non-hydrogen) atoms. The third-order valence-corrected chi connectivity index (χ3v) is 3.84. The molecule has 6 heteroatoms. The van der Waals surface area contributed by atoms with Gasteiger partial charge in [0.15, 0.2) is 0 Å². The number of pyridine rings is 1. The van der Waals surface area contributed by atoms with Gasteiger partial charge in [0.25, 0.3) is 5.91 Å². The van der Waals surface area contributed by atoms with Gasteiger partial charge in [0, 0.05) is 17.6 Å². The summed E-state index contributed by atoms with van der Waals surface area (Å²) in [6, 6.07) is 5.62. The summed E-state index contributed by atoms with van der Waals surface area (Å²) in [6.07, 6.45) is 2.49. The van der Waals surface area contributed by atoms with Crippen molar-refractivity contribution >= 4 is 34.7 Å². The third kappa shape index (κ3) is 3.95. The topological polar surface area (TPSA) is 54.0 Å². The predicted octanol–water partition coefficient (Wildman–Crippen LogP) is 3.55. The lowest BCUT2D eigenvalue weighted by atomic mass is 10.2. The molecule has 0 saturated heterocycles. The Morgan fingerprint density at radius 2 is 2.35 bits per heavy atom. The fourth-order valence-electron chi connectivity index (χ4n) is 1.64. The molecule has 2 aromatic rings. The molecule has 0 fully saturated rings. The molecule has 106 valence electrons. The molecule has 0 aromatic carbocycles. The number of thiophene rings is 1. The lowest BCUT2D eigenvalue weighted by molar-refractivity contribution is 0.0951. The molecule has 2 rings (SSSR count). The highest BCUT2D eigenvalue weighted by molar-refractivity contribution is 7.09. The molecule has 0 unspecified atom stereocenters. The summed E-state index contributed by atoms with van der Waals surface area (Å²) in [5.41, 5.74) is 0.442. The maximum absolute atomic E-state index is 12.1. The van der Waals surface area contributed by atoms with E-state index in [1.165, 1.54) is 6.20 Å². The van der Waals surface area contributed by atoms with Crippen LogP contribution in [0.4, 0.5) is 5.82 Å². The second-order valence-corrected chi connectivity index (χ2v) is 5.68. The molecule has 0 spiro atoms. The van der Waals surface area contributed by atoms with E-state index in [2.05, 4.69) is 22.5 Å². The minimum absolute atomic E-state index is 0.189. The first-order valence-electron chi connectivity index (χ1n) is 6.40. The van der Waals surface area contributed by atoms with Crippen molar-refractivity contribution in [2.45, 2.75) is 19.9 Å². The maximum atomic E-state index is 12.1. The van der Waals surface area contributed by atoms with Gasteiger partial charge in [0.1, 0.15) is 5.82 Å². The van der Waals surface area contributed by atoms with E-state index >= 15 is 0 Å². The number of anilines is 1. The minimum atomic E-state index is -0.189. The number of aromatic nitrogens is 1. The first-order valence-corrected chi connectivity index (χ1v) is 7.66. The standard InChI is InChI=1S/C14H16ClN3OS/c1-2-5-16-13-7-11(12(15)9-17-13)14(19)18-8-10-4-3-6-20-10/h3-4,6-7,9H,2,5,8H2,1H3,(H,16,17)(H,18,19). The van der Waals surface area contributed by atoms with Crippen molar-refractivity contribution in [1.29, 1.82) is 0 Å². The van der Waals surface area contributed by atoms with Gasteiger partial charge >= 0.3 is 0 Å². The molecule has 0 aliphatic carbocycles. The number of nitrogens with one attached hydrogen (secondary N) is 2. The van der Waals surface area contributed by atoms with Crippen LogP contribution in [-0.2, 0) is 6.54 Å². The van der Waals surface area contributed by atoms with Crippen LogP contribution in [0.2, 0.25) is 5.02 Å². The molecule has 0 bridgehead atoms. The van der Waals surface area contributed by atoms with Gasteiger partial charge in [-0.2, -0.15) is 0 Å². The van der Waals surface area contributed by atoms with Crippen LogP contribution in [0.1, 0.15) is 28.6 Å². The first-order chi connectivity index (χ1) is 9.70. The Balaban J connectivity index is 2.04. The number of halogens is 1. The summed E-state index contributed by atoms with van der Waals surface area (Å²) < 4.78 is 0. The highest BCUT2D eigenvalue weighted by Crippen LogP contribution is 2.18. The van der Waals surface area contributed by atoms with Crippen LogP contribution in [0, 0.1) is 0 Å². The van der Waals surface area contributed by atoms with Gasteiger partial charge in [-0.1, -0.05) is 24.6 Å². The molecule has 1 amide bonds. The van der Waals surface area contributed by atoms with Gasteiger partial charge in [0.05, 0.1) is 17.1 Å². The Bertz CT molecular complexity index is 572. The lowest BCUT2D eigenvalue weighted by Crippen LogP contribution is -2.23. The predicted molar refractivity (Wildman–Crippen MR) is 83.5 cm³/mol. The van der Waals surface area contributed by atoms with Crippen molar-refractivity contribution in [2.24, 2.45) is 0 Å². The van der Waals surface area contributed by atoms with Gasteiger partial charge < -0.3 is 10.6 Å². The molecular weight excluding hydrogens is 294 g/mol.